The lowest BCUT2D eigenvalue weighted by Crippen LogP contribution is -2.39. The number of nitrogens with zero attached hydrogens (tertiary/aromatic N) is 5. The molecule has 176 valence electrons. The van der Waals surface area contributed by atoms with Crippen LogP contribution < -0.4 is 5.32 Å². The first-order chi connectivity index (χ1) is 16.5. The van der Waals surface area contributed by atoms with Crippen LogP contribution in [0.3, 0.4) is 0 Å². The number of hydrogen-bond donors (Lipinski definition) is 1. The summed E-state index contributed by atoms with van der Waals surface area (Å²) in [6.07, 6.45) is 7.04. The molecule has 8 nitrogen and oxygen atoms in total. The van der Waals surface area contributed by atoms with Crippen LogP contribution >= 0.6 is 15.9 Å². The van der Waals surface area contributed by atoms with Gasteiger partial charge in [-0.05, 0) is 65.4 Å². The van der Waals surface area contributed by atoms with Crippen LogP contribution in [0.1, 0.15) is 32.0 Å². The second kappa shape index (κ2) is 9.38. The number of carbonyl (C=O) groups excluding carboxylic acids is 1. The van der Waals surface area contributed by atoms with E-state index in [1.165, 1.54) is 0 Å². The van der Waals surface area contributed by atoms with Gasteiger partial charge in [-0.25, -0.2) is 14.6 Å². The predicted octanol–water partition coefficient (Wildman–Crippen LogP) is 4.24. The number of pyridine rings is 1. The van der Waals surface area contributed by atoms with Crippen LogP contribution in [0.25, 0.3) is 27.6 Å². The number of aromatic nitrogens is 5. The van der Waals surface area contributed by atoms with Crippen molar-refractivity contribution in [3.05, 3.63) is 53.2 Å². The van der Waals surface area contributed by atoms with Gasteiger partial charge in [0.15, 0.2) is 5.65 Å². The number of fused-ring (bicyclic) bond motifs is 2. The van der Waals surface area contributed by atoms with E-state index in [2.05, 4.69) is 49.3 Å². The Balaban J connectivity index is 1.38. The molecule has 34 heavy (non-hydrogen) atoms. The van der Waals surface area contributed by atoms with Crippen LogP contribution in [0.5, 0.6) is 0 Å². The summed E-state index contributed by atoms with van der Waals surface area (Å²) < 4.78 is 7.60. The van der Waals surface area contributed by atoms with Crippen LogP contribution in [0.4, 0.5) is 0 Å². The standard InChI is InChI=1S/C25H27BrN6O2/c1-25(24(33)28-10-11-34-2)8-7-16(14-25)12-21-29-15-19-22(26)31-32(23(19)30-21)18-5-6-20-17(13-18)4-3-9-27-20/h3-6,9,13,15-16H,7-8,10-12,14H2,1-2H3,(H,28,33)/t16-,25+/m0/s1. The number of benzene rings is 1. The molecule has 1 amide bonds. The van der Waals surface area contributed by atoms with E-state index in [1.807, 2.05) is 35.1 Å². The number of nitrogens with one attached hydrogen (secondary N) is 1. The summed E-state index contributed by atoms with van der Waals surface area (Å²) in [6.45, 7) is 3.12. The number of rotatable bonds is 7. The summed E-state index contributed by atoms with van der Waals surface area (Å²) in [5.41, 5.74) is 2.26. The number of methoxy groups -OCH3 is 1. The van der Waals surface area contributed by atoms with Gasteiger partial charge in [0.25, 0.3) is 0 Å². The van der Waals surface area contributed by atoms with Gasteiger partial charge in [0.1, 0.15) is 10.4 Å². The third-order valence-electron chi connectivity index (χ3n) is 6.72. The van der Waals surface area contributed by atoms with E-state index in [9.17, 15) is 4.79 Å². The van der Waals surface area contributed by atoms with Crippen molar-refractivity contribution in [2.75, 3.05) is 20.3 Å². The highest BCUT2D eigenvalue weighted by Crippen LogP contribution is 2.43. The van der Waals surface area contributed by atoms with Gasteiger partial charge in [-0.2, -0.15) is 5.10 Å². The molecule has 3 heterocycles. The van der Waals surface area contributed by atoms with E-state index in [-0.39, 0.29) is 11.3 Å². The molecule has 0 unspecified atom stereocenters. The van der Waals surface area contributed by atoms with E-state index in [4.69, 9.17) is 9.72 Å². The monoisotopic (exact) mass is 522 g/mol. The minimum Gasteiger partial charge on any atom is -0.383 e. The fraction of sp³-hybridized carbons (Fsp3) is 0.400. The van der Waals surface area contributed by atoms with Crippen LogP contribution in [0.15, 0.2) is 47.3 Å². The average molecular weight is 523 g/mol. The number of carbonyl (C=O) groups is 1. The van der Waals surface area contributed by atoms with Gasteiger partial charge in [0, 0.05) is 43.3 Å². The summed E-state index contributed by atoms with van der Waals surface area (Å²) in [5.74, 6) is 1.25. The Kier molecular flexibility index (Phi) is 6.31. The zero-order valence-electron chi connectivity index (χ0n) is 19.3. The summed E-state index contributed by atoms with van der Waals surface area (Å²) in [7, 11) is 1.64. The first-order valence-corrected chi connectivity index (χ1v) is 12.3. The largest absolute Gasteiger partial charge is 0.383 e. The van der Waals surface area contributed by atoms with Crippen molar-refractivity contribution in [3.8, 4) is 5.69 Å². The van der Waals surface area contributed by atoms with Crippen LogP contribution in [-0.4, -0.2) is 50.9 Å². The van der Waals surface area contributed by atoms with Crippen molar-refractivity contribution in [3.63, 3.8) is 0 Å². The Bertz CT molecular complexity index is 1360. The van der Waals surface area contributed by atoms with Gasteiger partial charge in [0.2, 0.25) is 5.91 Å². The van der Waals surface area contributed by atoms with Crippen molar-refractivity contribution < 1.29 is 9.53 Å². The molecule has 2 atom stereocenters. The predicted molar refractivity (Wildman–Crippen MR) is 134 cm³/mol. The SMILES string of the molecule is COCCNC(=O)[C@]1(C)CC[C@@H](Cc2ncc3c(Br)nn(-c4ccc5ncccc5c4)c3n2)C1. The van der Waals surface area contributed by atoms with Crippen LogP contribution in [0, 0.1) is 11.3 Å². The zero-order chi connectivity index (χ0) is 23.7. The molecule has 0 bridgehead atoms. The maximum Gasteiger partial charge on any atom is 0.226 e. The molecule has 0 saturated heterocycles. The summed E-state index contributed by atoms with van der Waals surface area (Å²) >= 11 is 3.56. The normalized spacial score (nSPS) is 20.3. The molecule has 1 aliphatic carbocycles. The number of hydrogen-bond acceptors (Lipinski definition) is 6. The highest BCUT2D eigenvalue weighted by Gasteiger charge is 2.41. The lowest BCUT2D eigenvalue weighted by atomic mass is 9.86. The maximum atomic E-state index is 12.7. The number of amides is 1. The molecule has 3 aromatic heterocycles. The Morgan fingerprint density at radius 3 is 3.06 bits per heavy atom. The molecule has 1 saturated carbocycles. The highest BCUT2D eigenvalue weighted by molar-refractivity contribution is 9.10. The van der Waals surface area contributed by atoms with Gasteiger partial charge in [0.05, 0.1) is 23.2 Å². The van der Waals surface area contributed by atoms with Crippen molar-refractivity contribution in [1.82, 2.24) is 30.0 Å². The molecule has 9 heteroatoms. The van der Waals surface area contributed by atoms with E-state index in [0.717, 1.165) is 59.1 Å². The second-order valence-corrected chi connectivity index (χ2v) is 9.98. The van der Waals surface area contributed by atoms with E-state index < -0.39 is 0 Å². The zero-order valence-corrected chi connectivity index (χ0v) is 20.9. The maximum absolute atomic E-state index is 12.7. The van der Waals surface area contributed by atoms with Crippen molar-refractivity contribution in [2.24, 2.45) is 11.3 Å². The highest BCUT2D eigenvalue weighted by atomic mass is 79.9. The van der Waals surface area contributed by atoms with E-state index >= 15 is 0 Å². The molecule has 0 aliphatic heterocycles. The fourth-order valence-electron chi connectivity index (χ4n) is 4.86. The van der Waals surface area contributed by atoms with Gasteiger partial charge in [-0.15, -0.1) is 0 Å². The van der Waals surface area contributed by atoms with E-state index in [0.29, 0.717) is 23.7 Å². The second-order valence-electron chi connectivity index (χ2n) is 9.23. The summed E-state index contributed by atoms with van der Waals surface area (Å²) in [5, 5.41) is 9.58. The van der Waals surface area contributed by atoms with Crippen LogP contribution in [-0.2, 0) is 16.0 Å². The third kappa shape index (κ3) is 4.42. The van der Waals surface area contributed by atoms with Crippen molar-refractivity contribution in [1.29, 1.82) is 0 Å². The van der Waals surface area contributed by atoms with E-state index in [1.54, 1.807) is 13.3 Å². The lowest BCUT2D eigenvalue weighted by Gasteiger charge is -2.23. The molecule has 4 aromatic rings. The van der Waals surface area contributed by atoms with Crippen molar-refractivity contribution in [2.45, 2.75) is 32.6 Å². The Morgan fingerprint density at radius 2 is 2.21 bits per heavy atom. The molecule has 1 aromatic carbocycles. The van der Waals surface area contributed by atoms with Gasteiger partial charge in [-0.1, -0.05) is 13.0 Å². The first kappa shape index (κ1) is 22.9. The molecule has 1 fully saturated rings. The molecule has 1 aliphatic rings. The molecule has 5 rings (SSSR count). The van der Waals surface area contributed by atoms with Gasteiger partial charge in [-0.3, -0.25) is 9.78 Å². The Labute approximate surface area is 206 Å². The summed E-state index contributed by atoms with van der Waals surface area (Å²) in [6, 6.07) is 10.0. The van der Waals surface area contributed by atoms with Crippen molar-refractivity contribution >= 4 is 43.8 Å². The molecule has 1 N–H and O–H groups in total. The minimum absolute atomic E-state index is 0.108. The quantitative estimate of drug-likeness (QED) is 0.365. The minimum atomic E-state index is -0.355. The molecule has 0 spiro atoms. The van der Waals surface area contributed by atoms with Gasteiger partial charge < -0.3 is 10.1 Å². The number of halogens is 1. The lowest BCUT2D eigenvalue weighted by molar-refractivity contribution is -0.130. The Morgan fingerprint density at radius 1 is 1.32 bits per heavy atom. The Hall–Kier alpha value is -2.91. The fourth-order valence-corrected chi connectivity index (χ4v) is 5.30. The molecule has 0 radical (unpaired) electrons. The molecular formula is C25H27BrN6O2. The smallest absolute Gasteiger partial charge is 0.226 e. The third-order valence-corrected chi connectivity index (χ3v) is 7.30. The topological polar surface area (TPSA) is 94.8 Å². The van der Waals surface area contributed by atoms with Crippen LogP contribution in [0.2, 0.25) is 0 Å². The number of ether oxygens (including phenoxy) is 1. The first-order valence-electron chi connectivity index (χ1n) is 11.5. The average Bonchev–Trinajstić information content (AvgIpc) is 3.39. The van der Waals surface area contributed by atoms with Gasteiger partial charge >= 0.3 is 0 Å². The summed E-state index contributed by atoms with van der Waals surface area (Å²) in [4.78, 5) is 26.6. The molecular weight excluding hydrogens is 496 g/mol.